The van der Waals surface area contributed by atoms with Gasteiger partial charge in [0.1, 0.15) is 5.75 Å². The fraction of sp³-hybridized carbons (Fsp3) is 0.579. The maximum atomic E-state index is 12.2. The number of carbonyl (C=O) groups is 2. The fourth-order valence-corrected chi connectivity index (χ4v) is 4.13. The smallest absolute Gasteiger partial charge is 0.276 e. The molecule has 1 aliphatic carbocycles. The van der Waals surface area contributed by atoms with E-state index in [1.54, 1.807) is 24.3 Å². The number of ether oxygens (including phenoxy) is 1. The summed E-state index contributed by atoms with van der Waals surface area (Å²) in [6, 6.07) is 7.27. The Balaban J connectivity index is 1.37. The number of amides is 2. The summed E-state index contributed by atoms with van der Waals surface area (Å²) >= 11 is 5.80. The number of likely N-dealkylation sites (tertiary alicyclic amines) is 1. The van der Waals surface area contributed by atoms with Crippen LogP contribution in [0.3, 0.4) is 0 Å². The summed E-state index contributed by atoms with van der Waals surface area (Å²) in [6.07, 6.45) is 7.45. The zero-order valence-electron chi connectivity index (χ0n) is 14.9. The van der Waals surface area contributed by atoms with E-state index in [0.29, 0.717) is 23.4 Å². The number of fused-ring (bicyclic) bond motifs is 1. The molecule has 0 bridgehead atoms. The topological polar surface area (TPSA) is 70.7 Å². The van der Waals surface area contributed by atoms with Gasteiger partial charge in [0.15, 0.2) is 6.61 Å². The van der Waals surface area contributed by atoms with Crippen molar-refractivity contribution in [3.8, 4) is 5.75 Å². The van der Waals surface area contributed by atoms with Gasteiger partial charge in [0.25, 0.3) is 11.8 Å². The van der Waals surface area contributed by atoms with Crippen molar-refractivity contribution in [1.29, 1.82) is 0 Å². The minimum Gasteiger partial charge on any atom is -0.484 e. The van der Waals surface area contributed by atoms with Gasteiger partial charge in [-0.1, -0.05) is 24.4 Å². The van der Waals surface area contributed by atoms with Gasteiger partial charge in [-0.15, -0.1) is 0 Å². The maximum absolute atomic E-state index is 12.2. The zero-order chi connectivity index (χ0) is 18.4. The van der Waals surface area contributed by atoms with Crippen LogP contribution in [0.15, 0.2) is 24.3 Å². The third kappa shape index (κ3) is 5.35. The molecule has 1 saturated carbocycles. The quantitative estimate of drug-likeness (QED) is 0.771. The number of hydrogen-bond donors (Lipinski definition) is 2. The number of nitrogens with zero attached hydrogens (tertiary/aromatic N) is 1. The first kappa shape index (κ1) is 19.0. The lowest BCUT2D eigenvalue weighted by atomic mass is 9.78. The summed E-state index contributed by atoms with van der Waals surface area (Å²) in [5.41, 5.74) is 4.90. The number of hydrogen-bond acceptors (Lipinski definition) is 4. The van der Waals surface area contributed by atoms with Gasteiger partial charge < -0.3 is 4.74 Å². The van der Waals surface area contributed by atoms with E-state index in [2.05, 4.69) is 15.8 Å². The minimum absolute atomic E-state index is 0.170. The lowest BCUT2D eigenvalue weighted by Crippen LogP contribution is -2.53. The Morgan fingerprint density at radius 2 is 1.73 bits per heavy atom. The lowest BCUT2D eigenvalue weighted by molar-refractivity contribution is -0.131. The van der Waals surface area contributed by atoms with Crippen molar-refractivity contribution in [3.05, 3.63) is 29.3 Å². The Bertz CT molecular complexity index is 621. The summed E-state index contributed by atoms with van der Waals surface area (Å²) in [5, 5.41) is 0.604. The van der Waals surface area contributed by atoms with Crippen LogP contribution in [-0.2, 0) is 9.59 Å². The summed E-state index contributed by atoms with van der Waals surface area (Å²) < 4.78 is 5.34. The van der Waals surface area contributed by atoms with E-state index in [4.69, 9.17) is 16.3 Å². The molecule has 3 rings (SSSR count). The molecule has 2 N–H and O–H groups in total. The second-order valence-corrected chi connectivity index (χ2v) is 7.50. The molecule has 7 heteroatoms. The van der Waals surface area contributed by atoms with Crippen LogP contribution in [0.1, 0.15) is 38.5 Å². The largest absolute Gasteiger partial charge is 0.484 e. The Labute approximate surface area is 159 Å². The number of hydrazine groups is 1. The molecule has 2 amide bonds. The first-order valence-electron chi connectivity index (χ1n) is 9.32. The van der Waals surface area contributed by atoms with Crippen LogP contribution in [-0.4, -0.2) is 42.5 Å². The minimum atomic E-state index is -0.400. The molecule has 2 fully saturated rings. The predicted octanol–water partition coefficient (Wildman–Crippen LogP) is 2.52. The molecule has 0 unspecified atom stereocenters. The first-order chi connectivity index (χ1) is 12.6. The van der Waals surface area contributed by atoms with Crippen LogP contribution in [0.2, 0.25) is 5.02 Å². The van der Waals surface area contributed by atoms with E-state index in [0.717, 1.165) is 18.9 Å². The molecule has 6 nitrogen and oxygen atoms in total. The average Bonchev–Trinajstić information content (AvgIpc) is 2.66. The molecule has 2 aliphatic rings. The Hall–Kier alpha value is -1.79. The van der Waals surface area contributed by atoms with Crippen LogP contribution in [0, 0.1) is 5.92 Å². The standard InChI is InChI=1S/C19H26ClN3O3/c20-15-7-9-16(10-8-15)26-13-19(25)22-21-18(24)12-23-11-3-5-14-4-1-2-6-17(14)23/h7-10,14,17H,1-6,11-13H2,(H,21,24)(H,22,25)/t14-,17+/m1/s1. The van der Waals surface area contributed by atoms with Crippen LogP contribution in [0.5, 0.6) is 5.75 Å². The van der Waals surface area contributed by atoms with Crippen LogP contribution < -0.4 is 15.6 Å². The normalized spacial score (nSPS) is 23.0. The van der Waals surface area contributed by atoms with Gasteiger partial charge in [0.2, 0.25) is 0 Å². The van der Waals surface area contributed by atoms with Gasteiger partial charge in [0.05, 0.1) is 6.54 Å². The number of halogens is 1. The summed E-state index contributed by atoms with van der Waals surface area (Å²) in [7, 11) is 0. The van der Waals surface area contributed by atoms with Crippen LogP contribution in [0.4, 0.5) is 0 Å². The second-order valence-electron chi connectivity index (χ2n) is 7.06. The predicted molar refractivity (Wildman–Crippen MR) is 99.8 cm³/mol. The van der Waals surface area contributed by atoms with E-state index < -0.39 is 5.91 Å². The molecule has 1 aromatic rings. The highest BCUT2D eigenvalue weighted by Crippen LogP contribution is 2.34. The third-order valence-corrected chi connectivity index (χ3v) is 5.48. The van der Waals surface area contributed by atoms with Gasteiger partial charge >= 0.3 is 0 Å². The van der Waals surface area contributed by atoms with Crippen molar-refractivity contribution in [3.63, 3.8) is 0 Å². The molecule has 1 saturated heterocycles. The Morgan fingerprint density at radius 3 is 2.54 bits per heavy atom. The lowest BCUT2D eigenvalue weighted by Gasteiger charge is -2.43. The molecule has 1 aliphatic heterocycles. The molecule has 1 heterocycles. The highest BCUT2D eigenvalue weighted by atomic mass is 35.5. The van der Waals surface area contributed by atoms with E-state index in [9.17, 15) is 9.59 Å². The summed E-state index contributed by atoms with van der Waals surface area (Å²) in [6.45, 7) is 1.12. The van der Waals surface area contributed by atoms with Gasteiger partial charge in [-0.05, 0) is 62.4 Å². The molecule has 2 atom stereocenters. The molecule has 1 aromatic carbocycles. The first-order valence-corrected chi connectivity index (χ1v) is 9.70. The maximum Gasteiger partial charge on any atom is 0.276 e. The van der Waals surface area contributed by atoms with Gasteiger partial charge in [-0.3, -0.25) is 25.3 Å². The zero-order valence-corrected chi connectivity index (χ0v) is 15.6. The molecule has 0 spiro atoms. The van der Waals surface area contributed by atoms with Gasteiger partial charge in [0, 0.05) is 11.1 Å². The molecular formula is C19H26ClN3O3. The third-order valence-electron chi connectivity index (χ3n) is 5.23. The number of piperidine rings is 1. The fourth-order valence-electron chi connectivity index (χ4n) is 4.00. The highest BCUT2D eigenvalue weighted by Gasteiger charge is 2.33. The number of benzene rings is 1. The average molecular weight is 380 g/mol. The van der Waals surface area contributed by atoms with Gasteiger partial charge in [-0.2, -0.15) is 0 Å². The van der Waals surface area contributed by atoms with Crippen LogP contribution >= 0.6 is 11.6 Å². The van der Waals surface area contributed by atoms with Crippen LogP contribution in [0.25, 0.3) is 0 Å². The van der Waals surface area contributed by atoms with Crippen molar-refractivity contribution >= 4 is 23.4 Å². The van der Waals surface area contributed by atoms with E-state index in [-0.39, 0.29) is 12.5 Å². The number of carbonyl (C=O) groups excluding carboxylic acids is 2. The number of nitrogens with one attached hydrogen (secondary N) is 2. The van der Waals surface area contributed by atoms with Gasteiger partial charge in [-0.25, -0.2) is 0 Å². The van der Waals surface area contributed by atoms with E-state index in [1.807, 2.05) is 0 Å². The molecular weight excluding hydrogens is 354 g/mol. The van der Waals surface area contributed by atoms with Crippen molar-refractivity contribution in [1.82, 2.24) is 15.8 Å². The second kappa shape index (κ2) is 9.24. The monoisotopic (exact) mass is 379 g/mol. The molecule has 26 heavy (non-hydrogen) atoms. The van der Waals surface area contributed by atoms with Crippen molar-refractivity contribution in [2.45, 2.75) is 44.6 Å². The van der Waals surface area contributed by atoms with Crippen molar-refractivity contribution in [2.75, 3.05) is 19.7 Å². The highest BCUT2D eigenvalue weighted by molar-refractivity contribution is 6.30. The number of rotatable bonds is 5. The Morgan fingerprint density at radius 1 is 1.04 bits per heavy atom. The van der Waals surface area contributed by atoms with E-state index >= 15 is 0 Å². The van der Waals surface area contributed by atoms with E-state index in [1.165, 1.54) is 32.1 Å². The molecule has 0 radical (unpaired) electrons. The summed E-state index contributed by atoms with van der Waals surface area (Å²) in [5.74, 6) is 0.693. The SMILES string of the molecule is O=C(COc1ccc(Cl)cc1)NNC(=O)CN1CCC[C@H]2CCCC[C@@H]21. The van der Waals surface area contributed by atoms with Crippen molar-refractivity contribution < 1.29 is 14.3 Å². The van der Waals surface area contributed by atoms with Crippen molar-refractivity contribution in [2.24, 2.45) is 5.92 Å². The molecule has 142 valence electrons. The Kier molecular flexibility index (Phi) is 6.74. The molecule has 0 aromatic heterocycles. The summed E-state index contributed by atoms with van der Waals surface area (Å²) in [4.78, 5) is 26.3.